The van der Waals surface area contributed by atoms with Gasteiger partial charge in [0.1, 0.15) is 0 Å². The molecular formula is C14H17Cl2NO3S. The quantitative estimate of drug-likeness (QED) is 0.738. The number of hydrogen-bond donors (Lipinski definition) is 2. The number of carbonyl (C=O) groups excluding carboxylic acids is 1. The molecule has 0 aromatic heterocycles. The van der Waals surface area contributed by atoms with Crippen LogP contribution in [0.2, 0.25) is 10.0 Å². The Morgan fingerprint density at radius 1 is 1.33 bits per heavy atom. The highest BCUT2D eigenvalue weighted by atomic mass is 35.5. The first-order chi connectivity index (χ1) is 9.81. The Morgan fingerprint density at radius 3 is 2.52 bits per heavy atom. The van der Waals surface area contributed by atoms with Crippen LogP contribution < -0.4 is 5.32 Å². The van der Waals surface area contributed by atoms with Crippen LogP contribution in [0.3, 0.4) is 0 Å². The lowest BCUT2D eigenvalue weighted by molar-refractivity contribution is -0.147. The van der Waals surface area contributed by atoms with Crippen LogP contribution in [0.1, 0.15) is 25.3 Å². The van der Waals surface area contributed by atoms with Gasteiger partial charge < -0.3 is 10.4 Å². The molecule has 1 rings (SSSR count). The van der Waals surface area contributed by atoms with Crippen molar-refractivity contribution >= 4 is 46.8 Å². The first-order valence-corrected chi connectivity index (χ1v) is 8.45. The van der Waals surface area contributed by atoms with E-state index in [-0.39, 0.29) is 17.4 Å². The van der Waals surface area contributed by atoms with Crippen LogP contribution in [-0.4, -0.2) is 29.0 Å². The van der Waals surface area contributed by atoms with Crippen molar-refractivity contribution in [3.8, 4) is 0 Å². The summed E-state index contributed by atoms with van der Waals surface area (Å²) in [6.45, 7) is 1.43. The lowest BCUT2D eigenvalue weighted by atomic mass is 9.92. The van der Waals surface area contributed by atoms with Crippen molar-refractivity contribution in [1.82, 2.24) is 5.32 Å². The molecule has 4 nitrogen and oxygen atoms in total. The van der Waals surface area contributed by atoms with Crippen molar-refractivity contribution in [3.05, 3.63) is 33.8 Å². The van der Waals surface area contributed by atoms with E-state index in [0.717, 1.165) is 5.75 Å². The summed E-state index contributed by atoms with van der Waals surface area (Å²) < 4.78 is 0. The molecule has 0 saturated heterocycles. The van der Waals surface area contributed by atoms with Gasteiger partial charge in [-0.3, -0.25) is 4.79 Å². The molecule has 1 unspecified atom stereocenters. The standard InChI is InChI=1S/C14H17Cl2NO3S/c1-14(13(19)20,17-12(18)4-3-7-21-2)9-5-6-10(15)11(16)8-9/h5-6,8H,3-4,7H2,1-2H3,(H,17,18)(H,19,20). The monoisotopic (exact) mass is 349 g/mol. The van der Waals surface area contributed by atoms with E-state index in [0.29, 0.717) is 17.0 Å². The zero-order chi connectivity index (χ0) is 16.0. The summed E-state index contributed by atoms with van der Waals surface area (Å²) in [5.74, 6) is -0.608. The Morgan fingerprint density at radius 2 is 2.00 bits per heavy atom. The van der Waals surface area contributed by atoms with Gasteiger partial charge in [0.05, 0.1) is 10.0 Å². The normalized spacial score (nSPS) is 13.5. The first-order valence-electron chi connectivity index (χ1n) is 6.30. The van der Waals surface area contributed by atoms with E-state index in [4.69, 9.17) is 23.2 Å². The minimum atomic E-state index is -1.54. The molecule has 7 heteroatoms. The fourth-order valence-corrected chi connectivity index (χ4v) is 2.51. The minimum Gasteiger partial charge on any atom is -0.479 e. The second-order valence-electron chi connectivity index (χ2n) is 4.70. The van der Waals surface area contributed by atoms with Gasteiger partial charge in [0.25, 0.3) is 0 Å². The van der Waals surface area contributed by atoms with Gasteiger partial charge in [-0.1, -0.05) is 29.3 Å². The number of thioether (sulfide) groups is 1. The fraction of sp³-hybridized carbons (Fsp3) is 0.429. The third-order valence-electron chi connectivity index (χ3n) is 3.07. The number of carbonyl (C=O) groups is 2. The van der Waals surface area contributed by atoms with Gasteiger partial charge in [-0.2, -0.15) is 11.8 Å². The van der Waals surface area contributed by atoms with Crippen molar-refractivity contribution in [2.24, 2.45) is 0 Å². The molecule has 0 aliphatic carbocycles. The van der Waals surface area contributed by atoms with Gasteiger partial charge in [-0.25, -0.2) is 4.79 Å². The van der Waals surface area contributed by atoms with E-state index in [1.807, 2.05) is 6.26 Å². The molecule has 1 aromatic carbocycles. The number of nitrogens with one attached hydrogen (secondary N) is 1. The summed E-state index contributed by atoms with van der Waals surface area (Å²) in [6.07, 6.45) is 2.93. The molecule has 1 amide bonds. The number of benzene rings is 1. The molecule has 1 aromatic rings. The molecular weight excluding hydrogens is 333 g/mol. The van der Waals surface area contributed by atoms with E-state index < -0.39 is 11.5 Å². The Hall–Kier alpha value is -0.910. The lowest BCUT2D eigenvalue weighted by Crippen LogP contribution is -2.49. The van der Waals surface area contributed by atoms with Crippen molar-refractivity contribution in [1.29, 1.82) is 0 Å². The van der Waals surface area contributed by atoms with Crippen LogP contribution in [-0.2, 0) is 15.1 Å². The molecule has 0 heterocycles. The number of carboxylic acid groups (broad SMARTS) is 1. The van der Waals surface area contributed by atoms with Gasteiger partial charge >= 0.3 is 5.97 Å². The van der Waals surface area contributed by atoms with Gasteiger partial charge in [0, 0.05) is 6.42 Å². The number of amides is 1. The Labute approximate surface area is 138 Å². The van der Waals surface area contributed by atoms with E-state index in [2.05, 4.69) is 5.32 Å². The van der Waals surface area contributed by atoms with Gasteiger partial charge in [0.15, 0.2) is 5.54 Å². The molecule has 0 saturated carbocycles. The zero-order valence-electron chi connectivity index (χ0n) is 11.8. The van der Waals surface area contributed by atoms with Crippen molar-refractivity contribution in [2.75, 3.05) is 12.0 Å². The maximum Gasteiger partial charge on any atom is 0.333 e. The van der Waals surface area contributed by atoms with Crippen LogP contribution in [0.4, 0.5) is 0 Å². The Balaban J connectivity index is 2.95. The molecule has 1 atom stereocenters. The third-order valence-corrected chi connectivity index (χ3v) is 4.50. The maximum absolute atomic E-state index is 11.9. The largest absolute Gasteiger partial charge is 0.479 e. The molecule has 0 radical (unpaired) electrons. The molecule has 116 valence electrons. The van der Waals surface area contributed by atoms with Crippen molar-refractivity contribution in [2.45, 2.75) is 25.3 Å². The van der Waals surface area contributed by atoms with Crippen LogP contribution >= 0.6 is 35.0 Å². The SMILES string of the molecule is CSCCCC(=O)NC(C)(C(=O)O)c1ccc(Cl)c(Cl)c1. The van der Waals surface area contributed by atoms with Crippen molar-refractivity contribution in [3.63, 3.8) is 0 Å². The fourth-order valence-electron chi connectivity index (χ4n) is 1.77. The number of aliphatic carboxylic acids is 1. The second-order valence-corrected chi connectivity index (χ2v) is 6.50. The summed E-state index contributed by atoms with van der Waals surface area (Å²) in [6, 6.07) is 4.52. The molecule has 0 aliphatic heterocycles. The average Bonchev–Trinajstić information content (AvgIpc) is 2.41. The predicted molar refractivity (Wildman–Crippen MR) is 87.2 cm³/mol. The number of carboxylic acids is 1. The minimum absolute atomic E-state index is 0.248. The molecule has 21 heavy (non-hydrogen) atoms. The average molecular weight is 350 g/mol. The lowest BCUT2D eigenvalue weighted by Gasteiger charge is -2.27. The second kappa shape index (κ2) is 7.92. The zero-order valence-corrected chi connectivity index (χ0v) is 14.1. The topological polar surface area (TPSA) is 66.4 Å². The summed E-state index contributed by atoms with van der Waals surface area (Å²) in [7, 11) is 0. The van der Waals surface area contributed by atoms with E-state index in [1.165, 1.54) is 19.1 Å². The van der Waals surface area contributed by atoms with Crippen molar-refractivity contribution < 1.29 is 14.7 Å². The first kappa shape index (κ1) is 18.1. The summed E-state index contributed by atoms with van der Waals surface area (Å²) >= 11 is 13.4. The van der Waals surface area contributed by atoms with Gasteiger partial charge in [0.2, 0.25) is 5.91 Å². The summed E-state index contributed by atoms with van der Waals surface area (Å²) in [4.78, 5) is 23.5. The molecule has 0 spiro atoms. The number of hydrogen-bond acceptors (Lipinski definition) is 3. The van der Waals surface area contributed by atoms with E-state index in [1.54, 1.807) is 17.8 Å². The van der Waals surface area contributed by atoms with Gasteiger partial charge in [-0.05, 0) is 43.0 Å². The molecule has 0 fully saturated rings. The highest BCUT2D eigenvalue weighted by molar-refractivity contribution is 7.98. The van der Waals surface area contributed by atoms with E-state index >= 15 is 0 Å². The Kier molecular flexibility index (Phi) is 6.84. The highest BCUT2D eigenvalue weighted by Crippen LogP contribution is 2.29. The highest BCUT2D eigenvalue weighted by Gasteiger charge is 2.37. The van der Waals surface area contributed by atoms with E-state index in [9.17, 15) is 14.7 Å². The predicted octanol–water partition coefficient (Wildman–Crippen LogP) is 3.55. The maximum atomic E-state index is 11.9. The van der Waals surface area contributed by atoms with Crippen LogP contribution in [0, 0.1) is 0 Å². The molecule has 0 bridgehead atoms. The Bertz CT molecular complexity index is 539. The van der Waals surface area contributed by atoms with Crippen LogP contribution in [0.15, 0.2) is 18.2 Å². The summed E-state index contributed by atoms with van der Waals surface area (Å²) in [5, 5.41) is 12.6. The smallest absolute Gasteiger partial charge is 0.333 e. The number of rotatable bonds is 7. The van der Waals surface area contributed by atoms with Gasteiger partial charge in [-0.15, -0.1) is 0 Å². The van der Waals surface area contributed by atoms with Crippen LogP contribution in [0.25, 0.3) is 0 Å². The molecule has 0 aliphatic rings. The van der Waals surface area contributed by atoms with Crippen LogP contribution in [0.5, 0.6) is 0 Å². The summed E-state index contributed by atoms with van der Waals surface area (Å²) in [5.41, 5.74) is -1.16. The third kappa shape index (κ3) is 4.80. The number of halogens is 2. The molecule has 2 N–H and O–H groups in total.